The molecule has 5 heteroatoms. The maximum absolute atomic E-state index is 5.88. The van der Waals surface area contributed by atoms with E-state index in [0.717, 1.165) is 22.2 Å². The third-order valence-electron chi connectivity index (χ3n) is 2.69. The van der Waals surface area contributed by atoms with E-state index < -0.39 is 0 Å². The SMILES string of the molecule is Nc1cc(Br)cc2nc(CCc3ccco3)oc12. The molecule has 18 heavy (non-hydrogen) atoms. The zero-order valence-electron chi connectivity index (χ0n) is 9.52. The van der Waals surface area contributed by atoms with Crippen LogP contribution in [-0.4, -0.2) is 4.98 Å². The highest BCUT2D eigenvalue weighted by Gasteiger charge is 2.10. The summed E-state index contributed by atoms with van der Waals surface area (Å²) in [5, 5.41) is 0. The number of oxazole rings is 1. The second-order valence-electron chi connectivity index (χ2n) is 4.03. The average molecular weight is 307 g/mol. The molecule has 1 aromatic carbocycles. The number of halogens is 1. The van der Waals surface area contributed by atoms with Crippen molar-refractivity contribution >= 4 is 32.7 Å². The highest BCUT2D eigenvalue weighted by Crippen LogP contribution is 2.27. The predicted octanol–water partition coefficient (Wildman–Crippen LogP) is 3.55. The lowest BCUT2D eigenvalue weighted by Crippen LogP contribution is -1.88. The fourth-order valence-corrected chi connectivity index (χ4v) is 2.32. The van der Waals surface area contributed by atoms with Gasteiger partial charge in [-0.05, 0) is 24.3 Å². The number of aryl methyl sites for hydroxylation is 2. The smallest absolute Gasteiger partial charge is 0.196 e. The van der Waals surface area contributed by atoms with Gasteiger partial charge in [-0.1, -0.05) is 15.9 Å². The summed E-state index contributed by atoms with van der Waals surface area (Å²) >= 11 is 3.39. The highest BCUT2D eigenvalue weighted by atomic mass is 79.9. The normalized spacial score (nSPS) is 11.2. The number of nitrogens with two attached hydrogens (primary N) is 1. The zero-order valence-corrected chi connectivity index (χ0v) is 11.1. The number of anilines is 1. The largest absolute Gasteiger partial charge is 0.469 e. The van der Waals surface area contributed by atoms with Crippen LogP contribution in [-0.2, 0) is 12.8 Å². The van der Waals surface area contributed by atoms with Gasteiger partial charge in [-0.15, -0.1) is 0 Å². The minimum absolute atomic E-state index is 0.594. The zero-order chi connectivity index (χ0) is 12.5. The summed E-state index contributed by atoms with van der Waals surface area (Å²) < 4.78 is 11.8. The van der Waals surface area contributed by atoms with Gasteiger partial charge in [-0.25, -0.2) is 4.98 Å². The monoisotopic (exact) mass is 306 g/mol. The first-order valence-electron chi connectivity index (χ1n) is 5.59. The van der Waals surface area contributed by atoms with Crippen LogP contribution >= 0.6 is 15.9 Å². The van der Waals surface area contributed by atoms with Crippen LogP contribution in [0, 0.1) is 0 Å². The molecule has 2 aromatic heterocycles. The van der Waals surface area contributed by atoms with E-state index in [9.17, 15) is 0 Å². The van der Waals surface area contributed by atoms with Crippen molar-refractivity contribution in [1.29, 1.82) is 0 Å². The van der Waals surface area contributed by atoms with E-state index in [1.807, 2.05) is 24.3 Å². The van der Waals surface area contributed by atoms with Crippen LogP contribution in [0.5, 0.6) is 0 Å². The van der Waals surface area contributed by atoms with Crippen LogP contribution in [0.15, 0.2) is 43.8 Å². The van der Waals surface area contributed by atoms with Gasteiger partial charge in [0.2, 0.25) is 0 Å². The van der Waals surface area contributed by atoms with Crippen molar-refractivity contribution in [2.45, 2.75) is 12.8 Å². The second-order valence-corrected chi connectivity index (χ2v) is 4.95. The summed E-state index contributed by atoms with van der Waals surface area (Å²) in [6, 6.07) is 7.51. The first-order valence-corrected chi connectivity index (χ1v) is 6.38. The van der Waals surface area contributed by atoms with Gasteiger partial charge in [0, 0.05) is 17.3 Å². The fourth-order valence-electron chi connectivity index (χ4n) is 1.86. The van der Waals surface area contributed by atoms with Crippen LogP contribution in [0.3, 0.4) is 0 Å². The maximum atomic E-state index is 5.88. The molecule has 0 saturated carbocycles. The molecule has 0 fully saturated rings. The number of fused-ring (bicyclic) bond motifs is 1. The third-order valence-corrected chi connectivity index (χ3v) is 3.15. The quantitative estimate of drug-likeness (QED) is 0.752. The van der Waals surface area contributed by atoms with Crippen LogP contribution in [0.1, 0.15) is 11.7 Å². The van der Waals surface area contributed by atoms with Crippen molar-refractivity contribution in [1.82, 2.24) is 4.98 Å². The van der Waals surface area contributed by atoms with Gasteiger partial charge in [0.15, 0.2) is 11.5 Å². The molecule has 92 valence electrons. The van der Waals surface area contributed by atoms with Crippen molar-refractivity contribution in [2.24, 2.45) is 0 Å². The summed E-state index contributed by atoms with van der Waals surface area (Å²) in [5.74, 6) is 1.60. The number of nitrogens with zero attached hydrogens (tertiary/aromatic N) is 1. The number of rotatable bonds is 3. The highest BCUT2D eigenvalue weighted by molar-refractivity contribution is 9.10. The first-order chi connectivity index (χ1) is 8.72. The summed E-state index contributed by atoms with van der Waals surface area (Å²) in [6.07, 6.45) is 3.12. The predicted molar refractivity (Wildman–Crippen MR) is 72.2 cm³/mol. The van der Waals surface area contributed by atoms with E-state index >= 15 is 0 Å². The van der Waals surface area contributed by atoms with Gasteiger partial charge in [-0.2, -0.15) is 0 Å². The Morgan fingerprint density at radius 3 is 2.94 bits per heavy atom. The molecule has 0 bridgehead atoms. The van der Waals surface area contributed by atoms with Gasteiger partial charge in [-0.3, -0.25) is 0 Å². The third kappa shape index (κ3) is 2.13. The summed E-state index contributed by atoms with van der Waals surface area (Å²) in [4.78, 5) is 4.42. The summed E-state index contributed by atoms with van der Waals surface area (Å²) in [5.41, 5.74) is 7.89. The van der Waals surface area contributed by atoms with Crippen molar-refractivity contribution in [3.8, 4) is 0 Å². The topological polar surface area (TPSA) is 65.2 Å². The molecule has 3 aromatic rings. The number of aromatic nitrogens is 1. The van der Waals surface area contributed by atoms with Crippen LogP contribution < -0.4 is 5.73 Å². The Labute approximate surface area is 112 Å². The van der Waals surface area contributed by atoms with Gasteiger partial charge in [0.25, 0.3) is 0 Å². The standard InChI is InChI=1S/C13H11BrN2O2/c14-8-6-10(15)13-11(7-8)16-12(18-13)4-3-9-2-1-5-17-9/h1-2,5-7H,3-4,15H2. The van der Waals surface area contributed by atoms with Gasteiger partial charge < -0.3 is 14.6 Å². The number of hydrogen-bond acceptors (Lipinski definition) is 4. The lowest BCUT2D eigenvalue weighted by Gasteiger charge is -1.94. The Kier molecular flexibility index (Phi) is 2.83. The second kappa shape index (κ2) is 4.49. The molecule has 3 rings (SSSR count). The molecule has 2 heterocycles. The van der Waals surface area contributed by atoms with E-state index in [1.54, 1.807) is 6.26 Å². The lowest BCUT2D eigenvalue weighted by molar-refractivity contribution is 0.480. The Morgan fingerprint density at radius 2 is 2.17 bits per heavy atom. The molecular formula is C13H11BrN2O2. The van der Waals surface area contributed by atoms with E-state index in [2.05, 4.69) is 20.9 Å². The van der Waals surface area contributed by atoms with Gasteiger partial charge in [0.05, 0.1) is 12.0 Å². The maximum Gasteiger partial charge on any atom is 0.196 e. The Bertz CT molecular complexity index is 674. The number of hydrogen-bond donors (Lipinski definition) is 1. The van der Waals surface area contributed by atoms with E-state index in [1.165, 1.54) is 0 Å². The molecule has 0 aliphatic carbocycles. The molecular weight excluding hydrogens is 296 g/mol. The lowest BCUT2D eigenvalue weighted by atomic mass is 10.2. The van der Waals surface area contributed by atoms with Crippen molar-refractivity contribution < 1.29 is 8.83 Å². The Hall–Kier alpha value is -1.75. The van der Waals surface area contributed by atoms with Crippen LogP contribution in [0.2, 0.25) is 0 Å². The summed E-state index contributed by atoms with van der Waals surface area (Å²) in [7, 11) is 0. The van der Waals surface area contributed by atoms with Gasteiger partial charge >= 0.3 is 0 Å². The van der Waals surface area contributed by atoms with E-state index in [4.69, 9.17) is 14.6 Å². The Balaban J connectivity index is 1.87. The fraction of sp³-hybridized carbons (Fsp3) is 0.154. The van der Waals surface area contributed by atoms with Gasteiger partial charge in [0.1, 0.15) is 11.3 Å². The molecule has 0 amide bonds. The molecule has 0 saturated heterocycles. The molecule has 0 aliphatic rings. The van der Waals surface area contributed by atoms with E-state index in [0.29, 0.717) is 23.6 Å². The number of nitrogen functional groups attached to an aromatic ring is 1. The van der Waals surface area contributed by atoms with Crippen LogP contribution in [0.4, 0.5) is 5.69 Å². The molecule has 0 spiro atoms. The molecule has 0 aliphatic heterocycles. The Morgan fingerprint density at radius 1 is 1.28 bits per heavy atom. The van der Waals surface area contributed by atoms with Crippen molar-refractivity contribution in [3.63, 3.8) is 0 Å². The minimum Gasteiger partial charge on any atom is -0.469 e. The number of furan rings is 1. The molecule has 0 atom stereocenters. The first kappa shape index (κ1) is 11.3. The van der Waals surface area contributed by atoms with Crippen molar-refractivity contribution in [3.05, 3.63) is 46.7 Å². The molecule has 0 unspecified atom stereocenters. The van der Waals surface area contributed by atoms with E-state index in [-0.39, 0.29) is 0 Å². The van der Waals surface area contributed by atoms with Crippen LogP contribution in [0.25, 0.3) is 11.1 Å². The minimum atomic E-state index is 0.594. The molecule has 4 nitrogen and oxygen atoms in total. The number of benzene rings is 1. The molecule has 2 N–H and O–H groups in total. The molecule has 0 radical (unpaired) electrons. The summed E-state index contributed by atoms with van der Waals surface area (Å²) in [6.45, 7) is 0. The average Bonchev–Trinajstić information content (AvgIpc) is 2.93. The van der Waals surface area contributed by atoms with Crippen molar-refractivity contribution in [2.75, 3.05) is 5.73 Å².